The summed E-state index contributed by atoms with van der Waals surface area (Å²) < 4.78 is 1.64. The van der Waals surface area contributed by atoms with Gasteiger partial charge in [0.15, 0.2) is 5.16 Å². The summed E-state index contributed by atoms with van der Waals surface area (Å²) in [6.45, 7) is 3.80. The van der Waals surface area contributed by atoms with Gasteiger partial charge in [0.2, 0.25) is 5.91 Å². The Bertz CT molecular complexity index is 1330. The van der Waals surface area contributed by atoms with Crippen LogP contribution in [0.1, 0.15) is 48.6 Å². The van der Waals surface area contributed by atoms with Gasteiger partial charge in [0.05, 0.1) is 22.9 Å². The highest BCUT2D eigenvalue weighted by molar-refractivity contribution is 7.99. The number of rotatable bonds is 6. The Hall–Kier alpha value is -2.63. The summed E-state index contributed by atoms with van der Waals surface area (Å²) in [6, 6.07) is 10.1. The monoisotopic (exact) mass is 478 g/mol. The fourth-order valence-electron chi connectivity index (χ4n) is 4.54. The molecule has 3 aromatic rings. The number of nitrogens with zero attached hydrogens (tertiary/aromatic N) is 3. The van der Waals surface area contributed by atoms with E-state index >= 15 is 0 Å². The number of hydrogen-bond donors (Lipinski definition) is 1. The SMILES string of the molecule is Cc1ccc(-n2c(SCC(=O)N[C@](C)(C#N)C3CC3)nc3sc4c(c3c2=O)CCCC4)cc1. The fraction of sp³-hybridized carbons (Fsp3) is 0.440. The van der Waals surface area contributed by atoms with Crippen LogP contribution in [0.3, 0.4) is 0 Å². The predicted octanol–water partition coefficient (Wildman–Crippen LogP) is 4.54. The van der Waals surface area contributed by atoms with E-state index in [1.54, 1.807) is 22.8 Å². The molecule has 0 bridgehead atoms. The molecule has 0 spiro atoms. The molecule has 2 aliphatic rings. The van der Waals surface area contributed by atoms with Crippen LogP contribution in [-0.4, -0.2) is 26.8 Å². The zero-order chi connectivity index (χ0) is 23.2. The third-order valence-corrected chi connectivity index (χ3v) is 8.73. The standard InChI is InChI=1S/C25H26N4O2S2/c1-15-7-11-17(12-8-15)29-23(31)21-18-5-3-4-6-19(18)33-22(21)27-24(29)32-13-20(30)28-25(2,14-26)16-9-10-16/h7-8,11-12,16H,3-6,9-10,13H2,1-2H3,(H,28,30)/t25-/m1/s1. The number of carbonyl (C=O) groups excluding carboxylic acids is 1. The zero-order valence-corrected chi connectivity index (χ0v) is 20.4. The van der Waals surface area contributed by atoms with Gasteiger partial charge in [0, 0.05) is 4.88 Å². The number of aromatic nitrogens is 2. The van der Waals surface area contributed by atoms with Crippen molar-refractivity contribution in [3.05, 3.63) is 50.6 Å². The lowest BCUT2D eigenvalue weighted by atomic mass is 9.97. The summed E-state index contributed by atoms with van der Waals surface area (Å²) in [4.78, 5) is 33.4. The van der Waals surface area contributed by atoms with E-state index in [4.69, 9.17) is 4.98 Å². The first-order valence-corrected chi connectivity index (χ1v) is 13.2. The highest BCUT2D eigenvalue weighted by Gasteiger charge is 2.43. The number of benzene rings is 1. The van der Waals surface area contributed by atoms with E-state index in [2.05, 4.69) is 11.4 Å². The molecule has 1 fully saturated rings. The summed E-state index contributed by atoms with van der Waals surface area (Å²) in [5.74, 6) is 0.0964. The van der Waals surface area contributed by atoms with Crippen LogP contribution in [0.25, 0.3) is 15.9 Å². The second-order valence-corrected chi connectivity index (χ2v) is 11.2. The Morgan fingerprint density at radius 1 is 1.30 bits per heavy atom. The Kier molecular flexibility index (Phi) is 5.79. The topological polar surface area (TPSA) is 87.8 Å². The normalized spacial score (nSPS) is 17.2. The third kappa shape index (κ3) is 4.20. The van der Waals surface area contributed by atoms with Crippen LogP contribution in [0, 0.1) is 24.2 Å². The first-order valence-electron chi connectivity index (χ1n) is 11.4. The Morgan fingerprint density at radius 3 is 2.73 bits per heavy atom. The van der Waals surface area contributed by atoms with Gasteiger partial charge in [-0.1, -0.05) is 29.5 Å². The molecular formula is C25H26N4O2S2. The van der Waals surface area contributed by atoms with Gasteiger partial charge in [0.25, 0.3) is 5.56 Å². The molecule has 2 aliphatic carbocycles. The van der Waals surface area contributed by atoms with Crippen LogP contribution in [0.2, 0.25) is 0 Å². The molecule has 1 amide bonds. The molecule has 0 saturated heterocycles. The van der Waals surface area contributed by atoms with Crippen molar-refractivity contribution in [3.63, 3.8) is 0 Å². The predicted molar refractivity (Wildman–Crippen MR) is 132 cm³/mol. The molecule has 1 aromatic carbocycles. The molecule has 8 heteroatoms. The van der Waals surface area contributed by atoms with Gasteiger partial charge in [-0.3, -0.25) is 14.2 Å². The van der Waals surface area contributed by atoms with Crippen molar-refractivity contribution in [2.75, 3.05) is 5.75 Å². The van der Waals surface area contributed by atoms with E-state index in [-0.39, 0.29) is 23.1 Å². The van der Waals surface area contributed by atoms with Gasteiger partial charge in [-0.05, 0) is 76.0 Å². The van der Waals surface area contributed by atoms with Crippen LogP contribution < -0.4 is 10.9 Å². The molecule has 33 heavy (non-hydrogen) atoms. The Labute approximate surface area is 201 Å². The number of carbonyl (C=O) groups is 1. The average molecular weight is 479 g/mol. The van der Waals surface area contributed by atoms with Crippen LogP contribution >= 0.6 is 23.1 Å². The Balaban J connectivity index is 1.52. The molecule has 0 unspecified atom stereocenters. The highest BCUT2D eigenvalue weighted by Crippen LogP contribution is 2.39. The van der Waals surface area contributed by atoms with E-state index in [0.29, 0.717) is 5.16 Å². The molecule has 2 aromatic heterocycles. The fourth-order valence-corrected chi connectivity index (χ4v) is 6.66. The van der Waals surface area contributed by atoms with E-state index in [1.165, 1.54) is 16.6 Å². The molecule has 1 atom stereocenters. The van der Waals surface area contributed by atoms with E-state index < -0.39 is 5.54 Å². The lowest BCUT2D eigenvalue weighted by molar-refractivity contribution is -0.119. The minimum absolute atomic E-state index is 0.0639. The lowest BCUT2D eigenvalue weighted by Gasteiger charge is -2.22. The van der Waals surface area contributed by atoms with Crippen molar-refractivity contribution in [1.82, 2.24) is 14.9 Å². The van der Waals surface area contributed by atoms with E-state index in [1.807, 2.05) is 31.2 Å². The summed E-state index contributed by atoms with van der Waals surface area (Å²) in [6.07, 6.45) is 6.09. The molecule has 1 N–H and O–H groups in total. The highest BCUT2D eigenvalue weighted by atomic mass is 32.2. The van der Waals surface area contributed by atoms with Crippen LogP contribution in [0.4, 0.5) is 0 Å². The van der Waals surface area contributed by atoms with Gasteiger partial charge in [-0.15, -0.1) is 11.3 Å². The number of nitrogens with one attached hydrogen (secondary N) is 1. The first kappa shape index (κ1) is 22.2. The number of thiophene rings is 1. The maximum Gasteiger partial charge on any atom is 0.267 e. The molecule has 1 saturated carbocycles. The Morgan fingerprint density at radius 2 is 2.03 bits per heavy atom. The second-order valence-electron chi connectivity index (χ2n) is 9.19. The van der Waals surface area contributed by atoms with E-state index in [0.717, 1.165) is 65.6 Å². The molecule has 0 radical (unpaired) electrons. The number of amides is 1. The van der Waals surface area contributed by atoms with Gasteiger partial charge in [0.1, 0.15) is 10.4 Å². The van der Waals surface area contributed by atoms with Gasteiger partial charge >= 0.3 is 0 Å². The third-order valence-electron chi connectivity index (χ3n) is 6.61. The summed E-state index contributed by atoms with van der Waals surface area (Å²) in [7, 11) is 0. The molecule has 6 nitrogen and oxygen atoms in total. The minimum Gasteiger partial charge on any atom is -0.337 e. The average Bonchev–Trinajstić information content (AvgIpc) is 3.60. The smallest absolute Gasteiger partial charge is 0.267 e. The minimum atomic E-state index is -0.835. The quantitative estimate of drug-likeness (QED) is 0.415. The van der Waals surface area contributed by atoms with Gasteiger partial charge in [-0.25, -0.2) is 4.98 Å². The molecule has 5 rings (SSSR count). The van der Waals surface area contributed by atoms with Crippen LogP contribution in [-0.2, 0) is 17.6 Å². The second kappa shape index (κ2) is 8.62. The first-order chi connectivity index (χ1) is 15.9. The van der Waals surface area contributed by atoms with Crippen molar-refractivity contribution < 1.29 is 4.79 Å². The molecule has 170 valence electrons. The number of thioether (sulfide) groups is 1. The molecule has 0 aliphatic heterocycles. The summed E-state index contributed by atoms with van der Waals surface area (Å²) in [5, 5.41) is 13.7. The van der Waals surface area contributed by atoms with Crippen molar-refractivity contribution in [2.45, 2.75) is 63.1 Å². The van der Waals surface area contributed by atoms with Crippen molar-refractivity contribution in [2.24, 2.45) is 5.92 Å². The van der Waals surface area contributed by atoms with Gasteiger partial charge < -0.3 is 5.32 Å². The molecule has 2 heterocycles. The number of hydrogen-bond acceptors (Lipinski definition) is 6. The number of fused-ring (bicyclic) bond motifs is 3. The van der Waals surface area contributed by atoms with Crippen LogP contribution in [0.15, 0.2) is 34.2 Å². The molecular weight excluding hydrogens is 452 g/mol. The maximum absolute atomic E-state index is 13.8. The van der Waals surface area contributed by atoms with E-state index in [9.17, 15) is 14.9 Å². The largest absolute Gasteiger partial charge is 0.337 e. The van der Waals surface area contributed by atoms with Crippen LogP contribution in [0.5, 0.6) is 0 Å². The maximum atomic E-state index is 13.8. The van der Waals surface area contributed by atoms with Crippen molar-refractivity contribution in [3.8, 4) is 11.8 Å². The zero-order valence-electron chi connectivity index (χ0n) is 18.8. The van der Waals surface area contributed by atoms with Crippen molar-refractivity contribution >= 4 is 39.2 Å². The number of aryl methyl sites for hydroxylation is 3. The lowest BCUT2D eigenvalue weighted by Crippen LogP contribution is -2.47. The van der Waals surface area contributed by atoms with Crippen molar-refractivity contribution in [1.29, 1.82) is 5.26 Å². The number of nitriles is 1. The summed E-state index contributed by atoms with van der Waals surface area (Å²) >= 11 is 2.86. The summed E-state index contributed by atoms with van der Waals surface area (Å²) in [5.41, 5.74) is 2.11. The van der Waals surface area contributed by atoms with Gasteiger partial charge in [-0.2, -0.15) is 5.26 Å².